The zero-order chi connectivity index (χ0) is 12.0. The fourth-order valence-corrected chi connectivity index (χ4v) is 1.78. The molecule has 1 amide bonds. The average Bonchev–Trinajstić information content (AvgIpc) is 2.16. The molecular weight excluding hydrogens is 268 g/mol. The first-order valence-electron chi connectivity index (χ1n) is 5.34. The fourth-order valence-electron chi connectivity index (χ4n) is 1.33. The predicted molar refractivity (Wildman–Crippen MR) is 69.1 cm³/mol. The van der Waals surface area contributed by atoms with Gasteiger partial charge in [0.1, 0.15) is 0 Å². The van der Waals surface area contributed by atoms with Crippen LogP contribution in [0.15, 0.2) is 28.7 Å². The van der Waals surface area contributed by atoms with Crippen molar-refractivity contribution in [1.29, 1.82) is 0 Å². The van der Waals surface area contributed by atoms with Crippen LogP contribution < -0.4 is 11.1 Å². The van der Waals surface area contributed by atoms with Crippen molar-refractivity contribution < 1.29 is 4.79 Å². The van der Waals surface area contributed by atoms with Crippen molar-refractivity contribution in [2.75, 3.05) is 6.54 Å². The van der Waals surface area contributed by atoms with Crippen molar-refractivity contribution >= 4 is 21.8 Å². The summed E-state index contributed by atoms with van der Waals surface area (Å²) in [7, 11) is 0. The van der Waals surface area contributed by atoms with Crippen molar-refractivity contribution in [3.63, 3.8) is 0 Å². The van der Waals surface area contributed by atoms with Gasteiger partial charge in [-0.25, -0.2) is 0 Å². The van der Waals surface area contributed by atoms with Gasteiger partial charge < -0.3 is 11.1 Å². The van der Waals surface area contributed by atoms with Gasteiger partial charge in [0.2, 0.25) is 5.91 Å². The Labute approximate surface area is 105 Å². The van der Waals surface area contributed by atoms with E-state index in [1.807, 2.05) is 31.2 Å². The Morgan fingerprint density at radius 3 is 2.94 bits per heavy atom. The van der Waals surface area contributed by atoms with E-state index in [0.717, 1.165) is 16.5 Å². The number of halogens is 1. The Morgan fingerprint density at radius 1 is 1.56 bits per heavy atom. The zero-order valence-corrected chi connectivity index (χ0v) is 11.0. The van der Waals surface area contributed by atoms with E-state index in [9.17, 15) is 4.79 Å². The molecule has 0 heterocycles. The lowest BCUT2D eigenvalue weighted by Gasteiger charge is -2.07. The number of benzene rings is 1. The van der Waals surface area contributed by atoms with Crippen LogP contribution >= 0.6 is 15.9 Å². The van der Waals surface area contributed by atoms with Gasteiger partial charge in [-0.05, 0) is 31.0 Å². The molecule has 1 rings (SSSR count). The van der Waals surface area contributed by atoms with E-state index in [1.165, 1.54) is 0 Å². The molecule has 3 nitrogen and oxygen atoms in total. The first-order valence-corrected chi connectivity index (χ1v) is 6.14. The summed E-state index contributed by atoms with van der Waals surface area (Å²) < 4.78 is 0.994. The van der Waals surface area contributed by atoms with Crippen molar-refractivity contribution in [3.05, 3.63) is 34.3 Å². The number of nitrogens with one attached hydrogen (secondary N) is 1. The maximum atomic E-state index is 11.5. The Balaban J connectivity index is 2.34. The van der Waals surface area contributed by atoms with Crippen LogP contribution in [0.2, 0.25) is 0 Å². The van der Waals surface area contributed by atoms with Gasteiger partial charge in [-0.15, -0.1) is 0 Å². The van der Waals surface area contributed by atoms with Gasteiger partial charge in [0, 0.05) is 17.1 Å². The van der Waals surface area contributed by atoms with E-state index in [4.69, 9.17) is 5.73 Å². The highest BCUT2D eigenvalue weighted by atomic mass is 79.9. The Hall–Kier alpha value is -0.870. The van der Waals surface area contributed by atoms with Crippen molar-refractivity contribution in [2.24, 2.45) is 5.73 Å². The van der Waals surface area contributed by atoms with E-state index in [0.29, 0.717) is 13.0 Å². The number of nitrogens with two attached hydrogens (primary N) is 1. The van der Waals surface area contributed by atoms with Crippen LogP contribution in [0.5, 0.6) is 0 Å². The molecule has 0 saturated carbocycles. The largest absolute Gasteiger partial charge is 0.356 e. The molecular formula is C12H17BrN2O. The molecule has 0 bridgehead atoms. The number of hydrogen-bond acceptors (Lipinski definition) is 2. The summed E-state index contributed by atoms with van der Waals surface area (Å²) in [5, 5.41) is 2.85. The monoisotopic (exact) mass is 284 g/mol. The lowest BCUT2D eigenvalue weighted by Crippen LogP contribution is -2.29. The molecule has 1 unspecified atom stereocenters. The quantitative estimate of drug-likeness (QED) is 0.867. The highest BCUT2D eigenvalue weighted by Gasteiger charge is 2.03. The first-order chi connectivity index (χ1) is 7.58. The molecule has 0 radical (unpaired) electrons. The normalized spacial score (nSPS) is 12.2. The number of carbonyl (C=O) groups excluding carboxylic acids is 1. The second-order valence-corrected chi connectivity index (χ2v) is 4.84. The molecule has 0 aliphatic carbocycles. The summed E-state index contributed by atoms with van der Waals surface area (Å²) in [4.78, 5) is 11.5. The maximum Gasteiger partial charge on any atom is 0.224 e. The van der Waals surface area contributed by atoms with Crippen molar-refractivity contribution in [2.45, 2.75) is 25.8 Å². The third-order valence-electron chi connectivity index (χ3n) is 2.18. The summed E-state index contributed by atoms with van der Waals surface area (Å²) in [5.74, 6) is 0.0405. The van der Waals surface area contributed by atoms with E-state index in [2.05, 4.69) is 21.2 Å². The molecule has 1 atom stereocenters. The smallest absolute Gasteiger partial charge is 0.224 e. The molecule has 0 aromatic heterocycles. The molecule has 88 valence electrons. The van der Waals surface area contributed by atoms with Crippen molar-refractivity contribution in [3.8, 4) is 0 Å². The highest BCUT2D eigenvalue weighted by molar-refractivity contribution is 9.10. The zero-order valence-electron chi connectivity index (χ0n) is 9.37. The molecule has 0 aliphatic rings. The van der Waals surface area contributed by atoms with Gasteiger partial charge >= 0.3 is 0 Å². The maximum absolute atomic E-state index is 11.5. The first kappa shape index (κ1) is 13.2. The lowest BCUT2D eigenvalue weighted by atomic mass is 10.1. The average molecular weight is 285 g/mol. The Bertz CT molecular complexity index is 353. The molecule has 4 heteroatoms. The van der Waals surface area contributed by atoms with Crippen LogP contribution in [0.25, 0.3) is 0 Å². The minimum Gasteiger partial charge on any atom is -0.356 e. The van der Waals surface area contributed by atoms with Gasteiger partial charge in [0.15, 0.2) is 0 Å². The van der Waals surface area contributed by atoms with Gasteiger partial charge in [-0.1, -0.05) is 28.1 Å². The number of carbonyl (C=O) groups is 1. The van der Waals surface area contributed by atoms with E-state index in [-0.39, 0.29) is 11.9 Å². The van der Waals surface area contributed by atoms with Gasteiger partial charge in [0.05, 0.1) is 6.42 Å². The van der Waals surface area contributed by atoms with Gasteiger partial charge in [-0.2, -0.15) is 0 Å². The lowest BCUT2D eigenvalue weighted by molar-refractivity contribution is -0.120. The molecule has 0 spiro atoms. The van der Waals surface area contributed by atoms with Crippen LogP contribution in [0.4, 0.5) is 0 Å². The van der Waals surface area contributed by atoms with E-state index in [1.54, 1.807) is 0 Å². The second-order valence-electron chi connectivity index (χ2n) is 3.92. The van der Waals surface area contributed by atoms with Crippen LogP contribution in [0.1, 0.15) is 18.9 Å². The van der Waals surface area contributed by atoms with E-state index < -0.39 is 0 Å². The molecule has 0 saturated heterocycles. The summed E-state index contributed by atoms with van der Waals surface area (Å²) in [6.07, 6.45) is 1.22. The standard InChI is InChI=1S/C12H17BrN2O/c1-9(14)5-6-15-12(16)8-10-3-2-4-11(13)7-10/h2-4,7,9H,5-6,8,14H2,1H3,(H,15,16). The number of hydrogen-bond donors (Lipinski definition) is 2. The minimum atomic E-state index is 0.0405. The third-order valence-corrected chi connectivity index (χ3v) is 2.67. The fraction of sp³-hybridized carbons (Fsp3) is 0.417. The third kappa shape index (κ3) is 5.28. The summed E-state index contributed by atoms with van der Waals surface area (Å²) in [6, 6.07) is 7.89. The number of rotatable bonds is 5. The van der Waals surface area contributed by atoms with Crippen LogP contribution in [-0.2, 0) is 11.2 Å². The predicted octanol–water partition coefficient (Wildman–Crippen LogP) is 1.85. The SMILES string of the molecule is CC(N)CCNC(=O)Cc1cccc(Br)c1. The van der Waals surface area contributed by atoms with E-state index >= 15 is 0 Å². The van der Waals surface area contributed by atoms with Crippen LogP contribution in [-0.4, -0.2) is 18.5 Å². The Kier molecular flexibility index (Phi) is 5.49. The summed E-state index contributed by atoms with van der Waals surface area (Å²) in [5.41, 5.74) is 6.60. The van der Waals surface area contributed by atoms with Gasteiger partial charge in [-0.3, -0.25) is 4.79 Å². The molecule has 0 fully saturated rings. The van der Waals surface area contributed by atoms with Crippen molar-refractivity contribution in [1.82, 2.24) is 5.32 Å². The molecule has 1 aromatic carbocycles. The molecule has 1 aromatic rings. The topological polar surface area (TPSA) is 55.1 Å². The van der Waals surface area contributed by atoms with Gasteiger partial charge in [0.25, 0.3) is 0 Å². The number of amides is 1. The van der Waals surface area contributed by atoms with Crippen LogP contribution in [0.3, 0.4) is 0 Å². The summed E-state index contributed by atoms with van der Waals surface area (Å²) in [6.45, 7) is 2.57. The van der Waals surface area contributed by atoms with Crippen LogP contribution in [0, 0.1) is 0 Å². The highest BCUT2D eigenvalue weighted by Crippen LogP contribution is 2.11. The second kappa shape index (κ2) is 6.66. The minimum absolute atomic E-state index is 0.0405. The Morgan fingerprint density at radius 2 is 2.31 bits per heavy atom. The molecule has 16 heavy (non-hydrogen) atoms. The molecule has 3 N–H and O–H groups in total. The summed E-state index contributed by atoms with van der Waals surface area (Å²) >= 11 is 3.38. The molecule has 0 aliphatic heterocycles.